The quantitative estimate of drug-likeness (QED) is 0.692. The molecule has 1 saturated heterocycles. The van der Waals surface area contributed by atoms with Gasteiger partial charge in [0.2, 0.25) is 11.8 Å². The maximum absolute atomic E-state index is 11.7. The molecule has 1 N–H and O–H groups in total. The summed E-state index contributed by atoms with van der Waals surface area (Å²) in [7, 11) is 0. The molecule has 1 unspecified atom stereocenters. The molecule has 0 bridgehead atoms. The van der Waals surface area contributed by atoms with E-state index in [1.807, 2.05) is 40.7 Å². The van der Waals surface area contributed by atoms with Crippen molar-refractivity contribution in [3.05, 3.63) is 34.9 Å². The van der Waals surface area contributed by atoms with Crippen molar-refractivity contribution in [1.29, 1.82) is 0 Å². The molecule has 2 aromatic heterocycles. The fourth-order valence-electron chi connectivity index (χ4n) is 3.95. The Kier molecular flexibility index (Phi) is 5.77. The third-order valence-electron chi connectivity index (χ3n) is 5.57. The van der Waals surface area contributed by atoms with Gasteiger partial charge in [-0.15, -0.1) is 10.2 Å². The predicted molar refractivity (Wildman–Crippen MR) is 117 cm³/mol. The summed E-state index contributed by atoms with van der Waals surface area (Å²) in [5, 5.41) is 18.2. The van der Waals surface area contributed by atoms with Gasteiger partial charge in [-0.05, 0) is 37.3 Å². The molecule has 1 fully saturated rings. The first-order chi connectivity index (χ1) is 14.9. The lowest BCUT2D eigenvalue weighted by Gasteiger charge is -2.40. The van der Waals surface area contributed by atoms with Crippen LogP contribution in [0.4, 0.5) is 4.79 Å². The van der Waals surface area contributed by atoms with Gasteiger partial charge < -0.3 is 23.9 Å². The molecule has 0 aromatic carbocycles. The first kappa shape index (κ1) is 22.7. The van der Waals surface area contributed by atoms with E-state index < -0.39 is 18.0 Å². The van der Waals surface area contributed by atoms with Crippen LogP contribution in [0.25, 0.3) is 17.0 Å². The zero-order valence-electron chi connectivity index (χ0n) is 18.8. The predicted octanol–water partition coefficient (Wildman–Crippen LogP) is 4.79. The lowest BCUT2D eigenvalue weighted by molar-refractivity contribution is -0.141. The number of amides is 1. The van der Waals surface area contributed by atoms with Crippen molar-refractivity contribution in [1.82, 2.24) is 20.1 Å². The minimum atomic E-state index is -0.929. The summed E-state index contributed by atoms with van der Waals surface area (Å²) in [5.74, 6) is -0.0697. The molecule has 1 amide bonds. The Morgan fingerprint density at radius 1 is 1.31 bits per heavy atom. The highest BCUT2D eigenvalue weighted by Gasteiger charge is 2.37. The Morgan fingerprint density at radius 3 is 2.66 bits per heavy atom. The highest BCUT2D eigenvalue weighted by atomic mass is 35.5. The van der Waals surface area contributed by atoms with Crippen molar-refractivity contribution in [2.75, 3.05) is 13.2 Å². The molecule has 4 rings (SSSR count). The molecule has 9 nitrogen and oxygen atoms in total. The van der Waals surface area contributed by atoms with Gasteiger partial charge in [-0.1, -0.05) is 38.4 Å². The van der Waals surface area contributed by atoms with Gasteiger partial charge in [0.05, 0.1) is 28.9 Å². The Hall–Kier alpha value is -2.49. The summed E-state index contributed by atoms with van der Waals surface area (Å²) in [4.78, 5) is 17.7. The summed E-state index contributed by atoms with van der Waals surface area (Å²) >= 11 is 6.58. The monoisotopic (exact) mass is 462 g/mol. The highest BCUT2D eigenvalue weighted by molar-refractivity contribution is 6.32. The molecule has 0 aliphatic carbocycles. The van der Waals surface area contributed by atoms with Crippen LogP contribution in [0.5, 0.6) is 0 Å². The maximum atomic E-state index is 11.7. The summed E-state index contributed by atoms with van der Waals surface area (Å²) in [6.07, 6.45) is 2.76. The van der Waals surface area contributed by atoms with Crippen LogP contribution in [0.2, 0.25) is 5.02 Å². The Balaban J connectivity index is 1.59. The van der Waals surface area contributed by atoms with Crippen LogP contribution < -0.4 is 0 Å². The molecular weight excluding hydrogens is 436 g/mol. The van der Waals surface area contributed by atoms with Crippen molar-refractivity contribution < 1.29 is 23.8 Å². The number of nitrogens with zero attached hydrogens (tertiary/aromatic N) is 4. The molecule has 2 aliphatic heterocycles. The van der Waals surface area contributed by atoms with Crippen LogP contribution in [0, 0.1) is 5.41 Å². The molecule has 32 heavy (non-hydrogen) atoms. The Labute approximate surface area is 191 Å². The maximum Gasteiger partial charge on any atom is 0.407 e. The molecule has 4 heterocycles. The van der Waals surface area contributed by atoms with Gasteiger partial charge in [0.25, 0.3) is 0 Å². The summed E-state index contributed by atoms with van der Waals surface area (Å²) in [6, 6.07) is 1.45. The number of ether oxygens (including phenoxy) is 2. The van der Waals surface area contributed by atoms with E-state index >= 15 is 0 Å². The number of hydrogen-bond acceptors (Lipinski definition) is 7. The van der Waals surface area contributed by atoms with Crippen LogP contribution in [0.3, 0.4) is 0 Å². The molecular formula is C22H27ClN4O5. The summed E-state index contributed by atoms with van der Waals surface area (Å²) in [5.41, 5.74) is 1.87. The SMILES string of the molecule is CC1(C)OCC(c2nnc(-c3cnc(C4=C[C@H](C(C)(C)C)N(C(=O)O)CC4)c(Cl)c3)o2)O1. The van der Waals surface area contributed by atoms with Crippen LogP contribution >= 0.6 is 11.6 Å². The van der Waals surface area contributed by atoms with Crippen molar-refractivity contribution in [3.63, 3.8) is 0 Å². The van der Waals surface area contributed by atoms with Crippen LogP contribution in [-0.2, 0) is 9.47 Å². The summed E-state index contributed by atoms with van der Waals surface area (Å²) in [6.45, 7) is 10.4. The van der Waals surface area contributed by atoms with E-state index in [1.165, 1.54) is 4.90 Å². The first-order valence-electron chi connectivity index (χ1n) is 10.5. The first-order valence-corrected chi connectivity index (χ1v) is 10.8. The minimum absolute atomic E-state index is 0.267. The Bertz CT molecular complexity index is 1060. The zero-order chi connectivity index (χ0) is 23.3. The molecule has 0 saturated carbocycles. The van der Waals surface area contributed by atoms with E-state index in [2.05, 4.69) is 15.2 Å². The highest BCUT2D eigenvalue weighted by Crippen LogP contribution is 2.37. The normalized spacial score (nSPS) is 23.3. The van der Waals surface area contributed by atoms with Gasteiger partial charge >= 0.3 is 6.09 Å². The zero-order valence-corrected chi connectivity index (χ0v) is 19.5. The van der Waals surface area contributed by atoms with Crippen LogP contribution in [0.1, 0.15) is 58.7 Å². The average molecular weight is 463 g/mol. The standard InChI is InChI=1S/C22H27ClN4O5/c1-21(2,3)16-9-12(6-7-27(16)20(28)29)17-14(23)8-13(10-24-17)18-25-26-19(31-18)15-11-30-22(4,5)32-15/h8-10,15-16H,6-7,11H2,1-5H3,(H,28,29)/t15?,16-/m1/s1. The van der Waals surface area contributed by atoms with E-state index in [4.69, 9.17) is 25.5 Å². The number of rotatable bonds is 3. The van der Waals surface area contributed by atoms with E-state index in [0.717, 1.165) is 5.57 Å². The number of aromatic nitrogens is 3. The summed E-state index contributed by atoms with van der Waals surface area (Å²) < 4.78 is 17.1. The molecule has 0 spiro atoms. The number of carbonyl (C=O) groups is 1. The van der Waals surface area contributed by atoms with Crippen molar-refractivity contribution in [3.8, 4) is 11.5 Å². The average Bonchev–Trinajstić information content (AvgIpc) is 3.33. The molecule has 172 valence electrons. The number of halogens is 1. The van der Waals surface area contributed by atoms with Crippen molar-refractivity contribution in [2.45, 2.75) is 59.0 Å². The van der Waals surface area contributed by atoms with E-state index in [1.54, 1.807) is 12.3 Å². The number of pyridine rings is 1. The van der Waals surface area contributed by atoms with Crippen LogP contribution in [-0.4, -0.2) is 56.3 Å². The van der Waals surface area contributed by atoms with Gasteiger partial charge in [0, 0.05) is 12.7 Å². The smallest absolute Gasteiger partial charge is 0.407 e. The van der Waals surface area contributed by atoms with Gasteiger partial charge in [-0.25, -0.2) is 4.79 Å². The Morgan fingerprint density at radius 2 is 2.06 bits per heavy atom. The molecule has 2 aliphatic rings. The minimum Gasteiger partial charge on any atom is -0.465 e. The fourth-order valence-corrected chi connectivity index (χ4v) is 4.24. The molecule has 10 heteroatoms. The van der Waals surface area contributed by atoms with Gasteiger partial charge in [0.1, 0.15) is 0 Å². The largest absolute Gasteiger partial charge is 0.465 e. The van der Waals surface area contributed by atoms with Gasteiger partial charge in [0.15, 0.2) is 11.9 Å². The van der Waals surface area contributed by atoms with Gasteiger partial charge in [-0.2, -0.15) is 0 Å². The lowest BCUT2D eigenvalue weighted by atomic mass is 9.82. The van der Waals surface area contributed by atoms with Gasteiger partial charge in [-0.3, -0.25) is 4.98 Å². The van der Waals surface area contributed by atoms with E-state index in [9.17, 15) is 9.90 Å². The van der Waals surface area contributed by atoms with Crippen LogP contribution in [0.15, 0.2) is 22.8 Å². The topological polar surface area (TPSA) is 111 Å². The second kappa shape index (κ2) is 8.13. The second-order valence-corrected chi connectivity index (χ2v) is 9.95. The van der Waals surface area contributed by atoms with E-state index in [-0.39, 0.29) is 17.3 Å². The fraction of sp³-hybridized carbons (Fsp3) is 0.545. The van der Waals surface area contributed by atoms with E-state index in [0.29, 0.717) is 41.7 Å². The molecule has 0 radical (unpaired) electrons. The van der Waals surface area contributed by atoms with Crippen molar-refractivity contribution in [2.24, 2.45) is 5.41 Å². The lowest BCUT2D eigenvalue weighted by Crippen LogP contribution is -2.48. The number of carboxylic acid groups (broad SMARTS) is 1. The third-order valence-corrected chi connectivity index (χ3v) is 5.85. The second-order valence-electron chi connectivity index (χ2n) is 9.55. The third kappa shape index (κ3) is 4.51. The molecule has 2 atom stereocenters. The van der Waals surface area contributed by atoms with Crippen molar-refractivity contribution >= 4 is 23.3 Å². The number of hydrogen-bond donors (Lipinski definition) is 1. The molecule has 2 aromatic rings.